The molecule has 1 aliphatic rings. The van der Waals surface area contributed by atoms with Gasteiger partial charge in [-0.25, -0.2) is 9.50 Å². The normalized spacial score (nSPS) is 20.8. The average Bonchev–Trinajstić information content (AvgIpc) is 3.00. The molecular formula is C16H24ClN5O. The summed E-state index contributed by atoms with van der Waals surface area (Å²) in [5.41, 5.74) is 9.74. The van der Waals surface area contributed by atoms with Gasteiger partial charge in [0.2, 0.25) is 0 Å². The van der Waals surface area contributed by atoms with Crippen LogP contribution in [-0.4, -0.2) is 45.0 Å². The summed E-state index contributed by atoms with van der Waals surface area (Å²) in [6.07, 6.45) is 0.943. The highest BCUT2D eigenvalue weighted by atomic mass is 35.5. The number of rotatable bonds is 2. The van der Waals surface area contributed by atoms with E-state index in [1.165, 1.54) is 0 Å². The van der Waals surface area contributed by atoms with Crippen LogP contribution in [0.3, 0.4) is 0 Å². The highest BCUT2D eigenvalue weighted by molar-refractivity contribution is 6.01. The van der Waals surface area contributed by atoms with Crippen molar-refractivity contribution < 1.29 is 4.79 Å². The number of aromatic nitrogens is 3. The molecule has 2 N–H and O–H groups in total. The van der Waals surface area contributed by atoms with Gasteiger partial charge in [0.1, 0.15) is 5.56 Å². The Kier molecular flexibility index (Phi) is 4.69. The zero-order valence-corrected chi connectivity index (χ0v) is 14.9. The van der Waals surface area contributed by atoms with Crippen molar-refractivity contribution in [3.8, 4) is 0 Å². The molecular weight excluding hydrogens is 314 g/mol. The molecule has 1 aliphatic heterocycles. The van der Waals surface area contributed by atoms with E-state index in [1.54, 1.807) is 4.52 Å². The van der Waals surface area contributed by atoms with Crippen LogP contribution in [-0.2, 0) is 0 Å². The van der Waals surface area contributed by atoms with Crippen LogP contribution in [0.5, 0.6) is 0 Å². The van der Waals surface area contributed by atoms with Crippen molar-refractivity contribution in [1.29, 1.82) is 0 Å². The first-order valence-corrected chi connectivity index (χ1v) is 7.67. The Labute approximate surface area is 142 Å². The van der Waals surface area contributed by atoms with Crippen molar-refractivity contribution in [2.45, 2.75) is 34.1 Å². The molecule has 7 heteroatoms. The van der Waals surface area contributed by atoms with E-state index in [9.17, 15) is 4.79 Å². The van der Waals surface area contributed by atoms with E-state index in [2.05, 4.69) is 17.0 Å². The minimum atomic E-state index is 0. The van der Waals surface area contributed by atoms with Gasteiger partial charge in [-0.2, -0.15) is 5.10 Å². The Balaban J connectivity index is 0.00000192. The van der Waals surface area contributed by atoms with Crippen molar-refractivity contribution in [2.24, 2.45) is 11.1 Å². The topological polar surface area (TPSA) is 76.5 Å². The minimum absolute atomic E-state index is 0. The predicted molar refractivity (Wildman–Crippen MR) is 92.1 cm³/mol. The maximum absolute atomic E-state index is 13.0. The minimum Gasteiger partial charge on any atom is -0.338 e. The van der Waals surface area contributed by atoms with Gasteiger partial charge in [0.15, 0.2) is 5.65 Å². The first-order valence-electron chi connectivity index (χ1n) is 7.67. The molecule has 1 amide bonds. The molecule has 1 fully saturated rings. The second-order valence-corrected chi connectivity index (χ2v) is 6.73. The maximum atomic E-state index is 13.0. The van der Waals surface area contributed by atoms with Gasteiger partial charge in [0, 0.05) is 24.5 Å². The molecule has 3 rings (SSSR count). The summed E-state index contributed by atoms with van der Waals surface area (Å²) in [5.74, 6) is 0.0159. The Morgan fingerprint density at radius 2 is 2.09 bits per heavy atom. The fraction of sp³-hybridized carbons (Fsp3) is 0.562. The number of aryl methyl sites for hydroxylation is 3. The summed E-state index contributed by atoms with van der Waals surface area (Å²) < 4.78 is 1.76. The zero-order chi connectivity index (χ0) is 16.1. The first-order chi connectivity index (χ1) is 10.3. The first kappa shape index (κ1) is 17.7. The molecule has 0 saturated carbocycles. The lowest BCUT2D eigenvalue weighted by molar-refractivity contribution is 0.0778. The van der Waals surface area contributed by atoms with Gasteiger partial charge in [-0.1, -0.05) is 6.92 Å². The van der Waals surface area contributed by atoms with Crippen LogP contribution >= 0.6 is 12.4 Å². The van der Waals surface area contributed by atoms with Crippen LogP contribution in [0.1, 0.15) is 40.8 Å². The van der Waals surface area contributed by atoms with Crippen LogP contribution in [0.25, 0.3) is 5.65 Å². The Morgan fingerprint density at radius 1 is 1.39 bits per heavy atom. The van der Waals surface area contributed by atoms with E-state index in [-0.39, 0.29) is 23.7 Å². The number of nitrogens with zero attached hydrogens (tertiary/aromatic N) is 4. The second-order valence-electron chi connectivity index (χ2n) is 6.73. The number of hydrogen-bond acceptors (Lipinski definition) is 4. The number of amides is 1. The lowest BCUT2D eigenvalue weighted by Crippen LogP contribution is -2.34. The summed E-state index contributed by atoms with van der Waals surface area (Å²) in [6.45, 7) is 9.96. The molecule has 0 aromatic carbocycles. The zero-order valence-electron chi connectivity index (χ0n) is 14.1. The van der Waals surface area contributed by atoms with Gasteiger partial charge in [-0.3, -0.25) is 4.79 Å². The third-order valence-electron chi connectivity index (χ3n) is 4.62. The number of halogens is 1. The van der Waals surface area contributed by atoms with E-state index >= 15 is 0 Å². The largest absolute Gasteiger partial charge is 0.338 e. The van der Waals surface area contributed by atoms with Crippen molar-refractivity contribution in [1.82, 2.24) is 19.5 Å². The highest BCUT2D eigenvalue weighted by Gasteiger charge is 2.36. The summed E-state index contributed by atoms with van der Waals surface area (Å²) >= 11 is 0. The summed E-state index contributed by atoms with van der Waals surface area (Å²) in [6, 6.07) is 1.97. The fourth-order valence-corrected chi connectivity index (χ4v) is 3.20. The lowest BCUT2D eigenvalue weighted by Gasteiger charge is -2.22. The molecule has 1 saturated heterocycles. The number of carbonyl (C=O) groups excluding carboxylic acids is 1. The molecule has 3 heterocycles. The van der Waals surface area contributed by atoms with Crippen LogP contribution in [0, 0.1) is 26.2 Å². The van der Waals surface area contributed by atoms with Crippen molar-refractivity contribution >= 4 is 24.0 Å². The summed E-state index contributed by atoms with van der Waals surface area (Å²) in [5, 5.41) is 4.48. The van der Waals surface area contributed by atoms with E-state index < -0.39 is 0 Å². The van der Waals surface area contributed by atoms with Crippen molar-refractivity contribution in [2.75, 3.05) is 19.6 Å². The quantitative estimate of drug-likeness (QED) is 0.907. The molecule has 1 atom stereocenters. The molecule has 6 nitrogen and oxygen atoms in total. The number of nitrogens with two attached hydrogens (primary N) is 1. The van der Waals surface area contributed by atoms with Crippen molar-refractivity contribution in [3.63, 3.8) is 0 Å². The van der Waals surface area contributed by atoms with E-state index in [1.807, 2.05) is 31.7 Å². The van der Waals surface area contributed by atoms with E-state index in [0.29, 0.717) is 24.3 Å². The van der Waals surface area contributed by atoms with Gasteiger partial charge in [-0.15, -0.1) is 12.4 Å². The third-order valence-corrected chi connectivity index (χ3v) is 4.62. The summed E-state index contributed by atoms with van der Waals surface area (Å²) in [4.78, 5) is 19.4. The molecule has 1 unspecified atom stereocenters. The number of carbonyl (C=O) groups is 1. The van der Waals surface area contributed by atoms with Gasteiger partial charge in [-0.05, 0) is 45.2 Å². The molecule has 2 aromatic rings. The van der Waals surface area contributed by atoms with Crippen LogP contribution in [0.15, 0.2) is 6.07 Å². The maximum Gasteiger partial charge on any atom is 0.259 e. The summed E-state index contributed by atoms with van der Waals surface area (Å²) in [7, 11) is 0. The Bertz CT molecular complexity index is 756. The SMILES string of the molecule is Cc1cc(C)n2nc(C)c(C(=O)N3CCC(C)(CN)C3)c2n1.Cl. The van der Waals surface area contributed by atoms with Crippen molar-refractivity contribution in [3.05, 3.63) is 28.7 Å². The molecule has 0 bridgehead atoms. The van der Waals surface area contributed by atoms with Crippen LogP contribution < -0.4 is 5.73 Å². The predicted octanol–water partition coefficient (Wildman–Crippen LogP) is 1.89. The number of fused-ring (bicyclic) bond motifs is 1. The van der Waals surface area contributed by atoms with E-state index in [4.69, 9.17) is 5.73 Å². The molecule has 126 valence electrons. The smallest absolute Gasteiger partial charge is 0.259 e. The molecule has 0 aliphatic carbocycles. The van der Waals surface area contributed by atoms with Gasteiger partial charge in [0.05, 0.1) is 5.69 Å². The monoisotopic (exact) mass is 337 g/mol. The van der Waals surface area contributed by atoms with Gasteiger partial charge >= 0.3 is 0 Å². The molecule has 23 heavy (non-hydrogen) atoms. The second kappa shape index (κ2) is 6.09. The lowest BCUT2D eigenvalue weighted by atomic mass is 9.90. The number of likely N-dealkylation sites (tertiary alicyclic amines) is 1. The van der Waals surface area contributed by atoms with Gasteiger partial charge < -0.3 is 10.6 Å². The molecule has 2 aromatic heterocycles. The third kappa shape index (κ3) is 2.93. The average molecular weight is 338 g/mol. The van der Waals surface area contributed by atoms with Crippen LogP contribution in [0.4, 0.5) is 0 Å². The number of hydrogen-bond donors (Lipinski definition) is 1. The van der Waals surface area contributed by atoms with Gasteiger partial charge in [0.25, 0.3) is 5.91 Å². The molecule has 0 radical (unpaired) electrons. The Hall–Kier alpha value is -1.66. The Morgan fingerprint density at radius 3 is 2.70 bits per heavy atom. The fourth-order valence-electron chi connectivity index (χ4n) is 3.20. The van der Waals surface area contributed by atoms with Crippen LogP contribution in [0.2, 0.25) is 0 Å². The standard InChI is InChI=1S/C16H23N5O.ClH/c1-10-7-11(2)21-14(18-10)13(12(3)19-21)15(22)20-6-5-16(4,8-17)9-20;/h7H,5-6,8-9,17H2,1-4H3;1H. The van der Waals surface area contributed by atoms with E-state index in [0.717, 1.165) is 30.0 Å². The highest BCUT2D eigenvalue weighted by Crippen LogP contribution is 2.30. The molecule has 0 spiro atoms.